The van der Waals surface area contributed by atoms with Crippen LogP contribution in [-0.2, 0) is 9.59 Å². The Morgan fingerprint density at radius 3 is 2.36 bits per heavy atom. The van der Waals surface area contributed by atoms with E-state index in [-0.39, 0.29) is 11.8 Å². The van der Waals surface area contributed by atoms with Crippen molar-refractivity contribution in [2.75, 3.05) is 0 Å². The number of aliphatic carboxylic acids is 1. The molecule has 0 fully saturated rings. The molecule has 0 rings (SSSR count). The molecule has 2 N–H and O–H groups in total. The molecule has 0 heterocycles. The van der Waals surface area contributed by atoms with E-state index in [0.717, 1.165) is 0 Å². The molecule has 0 aromatic rings. The number of rotatable bonds is 5. The van der Waals surface area contributed by atoms with Crippen molar-refractivity contribution in [3.63, 3.8) is 0 Å². The van der Waals surface area contributed by atoms with Gasteiger partial charge in [-0.2, -0.15) is 0 Å². The highest BCUT2D eigenvalue weighted by Gasteiger charge is 2.19. The van der Waals surface area contributed by atoms with Crippen LogP contribution in [0.5, 0.6) is 0 Å². The molecule has 4 nitrogen and oxygen atoms in total. The van der Waals surface area contributed by atoms with E-state index >= 15 is 0 Å². The van der Waals surface area contributed by atoms with Gasteiger partial charge < -0.3 is 10.4 Å². The van der Waals surface area contributed by atoms with Gasteiger partial charge in [0.15, 0.2) is 0 Å². The quantitative estimate of drug-likeness (QED) is 0.653. The Morgan fingerprint density at radius 2 is 2.00 bits per heavy atom. The predicted octanol–water partition coefficient (Wildman–Crippen LogP) is 1.18. The highest BCUT2D eigenvalue weighted by Crippen LogP contribution is 2.04. The van der Waals surface area contributed by atoms with Crippen LogP contribution in [0.25, 0.3) is 0 Å². The molecule has 0 aromatic carbocycles. The summed E-state index contributed by atoms with van der Waals surface area (Å²) in [4.78, 5) is 21.8. The van der Waals surface area contributed by atoms with E-state index in [9.17, 15) is 9.59 Å². The van der Waals surface area contributed by atoms with E-state index in [0.29, 0.717) is 6.42 Å². The van der Waals surface area contributed by atoms with Crippen LogP contribution < -0.4 is 5.32 Å². The van der Waals surface area contributed by atoms with E-state index in [1.807, 2.05) is 13.8 Å². The third-order valence-electron chi connectivity index (χ3n) is 1.64. The van der Waals surface area contributed by atoms with Gasteiger partial charge in [-0.05, 0) is 25.3 Å². The van der Waals surface area contributed by atoms with E-state index in [1.54, 1.807) is 13.0 Å². The maximum atomic E-state index is 11.1. The average Bonchev–Trinajstić information content (AvgIpc) is 2.02. The Morgan fingerprint density at radius 1 is 1.43 bits per heavy atom. The molecule has 14 heavy (non-hydrogen) atoms. The summed E-state index contributed by atoms with van der Waals surface area (Å²) < 4.78 is 0. The number of carbonyl (C=O) groups is 2. The van der Waals surface area contributed by atoms with Gasteiger partial charge in [-0.25, -0.2) is 4.79 Å². The smallest absolute Gasteiger partial charge is 0.326 e. The van der Waals surface area contributed by atoms with Crippen molar-refractivity contribution in [3.8, 4) is 0 Å². The van der Waals surface area contributed by atoms with Gasteiger partial charge in [-0.1, -0.05) is 19.9 Å². The molecule has 0 saturated carbocycles. The maximum absolute atomic E-state index is 11.1. The monoisotopic (exact) mass is 199 g/mol. The summed E-state index contributed by atoms with van der Waals surface area (Å²) in [5, 5.41) is 11.2. The molecular formula is C10H17NO3. The fourth-order valence-corrected chi connectivity index (χ4v) is 1.06. The number of carbonyl (C=O) groups excluding carboxylic acids is 1. The standard InChI is InChI=1S/C10H17NO3/c1-4-5-9(12)11-8(10(13)14)6-7(2)3/h4-5,7-8H,6H2,1-3H3,(H,11,12)(H,13,14)/b5-4+. The normalized spacial score (nSPS) is 13.1. The Balaban J connectivity index is 4.23. The third-order valence-corrected chi connectivity index (χ3v) is 1.64. The van der Waals surface area contributed by atoms with Gasteiger partial charge in [0.1, 0.15) is 6.04 Å². The lowest BCUT2D eigenvalue weighted by Gasteiger charge is -2.15. The number of hydrogen-bond acceptors (Lipinski definition) is 2. The molecule has 0 aromatic heterocycles. The molecule has 0 aliphatic carbocycles. The molecule has 0 aliphatic rings. The molecule has 1 amide bonds. The lowest BCUT2D eigenvalue weighted by molar-refractivity contribution is -0.141. The summed E-state index contributed by atoms with van der Waals surface area (Å²) in [6.45, 7) is 5.54. The lowest BCUT2D eigenvalue weighted by atomic mass is 10.0. The summed E-state index contributed by atoms with van der Waals surface area (Å²) >= 11 is 0. The second-order valence-corrected chi connectivity index (χ2v) is 3.53. The van der Waals surface area contributed by atoms with E-state index in [2.05, 4.69) is 5.32 Å². The van der Waals surface area contributed by atoms with Crippen molar-refractivity contribution in [1.29, 1.82) is 0 Å². The molecule has 4 heteroatoms. The highest BCUT2D eigenvalue weighted by molar-refractivity contribution is 5.90. The SMILES string of the molecule is C/C=C/C(=O)NC(CC(C)C)C(=O)O. The number of carboxylic acid groups (broad SMARTS) is 1. The average molecular weight is 199 g/mol. The highest BCUT2D eigenvalue weighted by atomic mass is 16.4. The van der Waals surface area contributed by atoms with Gasteiger partial charge in [0, 0.05) is 0 Å². The summed E-state index contributed by atoms with van der Waals surface area (Å²) in [5.74, 6) is -1.11. The summed E-state index contributed by atoms with van der Waals surface area (Å²) in [6.07, 6.45) is 3.33. The fraction of sp³-hybridized carbons (Fsp3) is 0.600. The first-order valence-corrected chi connectivity index (χ1v) is 4.63. The van der Waals surface area contributed by atoms with Crippen LogP contribution in [-0.4, -0.2) is 23.0 Å². The van der Waals surface area contributed by atoms with Crippen molar-refractivity contribution in [1.82, 2.24) is 5.32 Å². The third kappa shape index (κ3) is 5.35. The first-order chi connectivity index (χ1) is 6.47. The Kier molecular flexibility index (Phi) is 5.60. The molecule has 0 saturated heterocycles. The van der Waals surface area contributed by atoms with Gasteiger partial charge in [-0.15, -0.1) is 0 Å². The van der Waals surface area contributed by atoms with Crippen LogP contribution in [0.2, 0.25) is 0 Å². The van der Waals surface area contributed by atoms with Crippen LogP contribution in [0, 0.1) is 5.92 Å². The van der Waals surface area contributed by atoms with Crippen LogP contribution >= 0.6 is 0 Å². The fourth-order valence-electron chi connectivity index (χ4n) is 1.06. The Labute approximate surface area is 84.0 Å². The molecule has 1 atom stereocenters. The van der Waals surface area contributed by atoms with E-state index in [4.69, 9.17) is 5.11 Å². The Bertz CT molecular complexity index is 234. The van der Waals surface area contributed by atoms with Crippen LogP contribution in [0.1, 0.15) is 27.2 Å². The van der Waals surface area contributed by atoms with Crippen LogP contribution in [0.3, 0.4) is 0 Å². The number of allylic oxidation sites excluding steroid dienone is 1. The van der Waals surface area contributed by atoms with Gasteiger partial charge in [0.25, 0.3) is 0 Å². The minimum atomic E-state index is -0.989. The first-order valence-electron chi connectivity index (χ1n) is 4.63. The van der Waals surface area contributed by atoms with Crippen LogP contribution in [0.4, 0.5) is 0 Å². The number of carboxylic acids is 1. The zero-order valence-electron chi connectivity index (χ0n) is 8.78. The first kappa shape index (κ1) is 12.7. The van der Waals surface area contributed by atoms with E-state index < -0.39 is 12.0 Å². The summed E-state index contributed by atoms with van der Waals surface area (Å²) in [6, 6.07) is -0.793. The molecule has 0 bridgehead atoms. The zero-order valence-corrected chi connectivity index (χ0v) is 8.78. The zero-order chi connectivity index (χ0) is 11.1. The van der Waals surface area contributed by atoms with Crippen molar-refractivity contribution < 1.29 is 14.7 Å². The van der Waals surface area contributed by atoms with Crippen molar-refractivity contribution in [2.24, 2.45) is 5.92 Å². The minimum Gasteiger partial charge on any atom is -0.480 e. The minimum absolute atomic E-state index is 0.238. The van der Waals surface area contributed by atoms with Gasteiger partial charge in [0.05, 0.1) is 0 Å². The van der Waals surface area contributed by atoms with Crippen LogP contribution in [0.15, 0.2) is 12.2 Å². The van der Waals surface area contributed by atoms with Crippen molar-refractivity contribution in [2.45, 2.75) is 33.2 Å². The molecule has 80 valence electrons. The van der Waals surface area contributed by atoms with Crippen molar-refractivity contribution in [3.05, 3.63) is 12.2 Å². The largest absolute Gasteiger partial charge is 0.480 e. The summed E-state index contributed by atoms with van der Waals surface area (Å²) in [5.41, 5.74) is 0. The number of hydrogen-bond donors (Lipinski definition) is 2. The second-order valence-electron chi connectivity index (χ2n) is 3.53. The molecule has 0 aliphatic heterocycles. The van der Waals surface area contributed by atoms with Crippen molar-refractivity contribution >= 4 is 11.9 Å². The maximum Gasteiger partial charge on any atom is 0.326 e. The van der Waals surface area contributed by atoms with E-state index in [1.165, 1.54) is 6.08 Å². The lowest BCUT2D eigenvalue weighted by Crippen LogP contribution is -2.40. The molecule has 0 radical (unpaired) electrons. The molecule has 1 unspecified atom stereocenters. The van der Waals surface area contributed by atoms with Gasteiger partial charge >= 0.3 is 5.97 Å². The second kappa shape index (κ2) is 6.18. The van der Waals surface area contributed by atoms with Gasteiger partial charge in [-0.3, -0.25) is 4.79 Å². The topological polar surface area (TPSA) is 66.4 Å². The molecule has 0 spiro atoms. The summed E-state index contributed by atoms with van der Waals surface area (Å²) in [7, 11) is 0. The molecular weight excluding hydrogens is 182 g/mol. The number of amides is 1. The number of nitrogens with one attached hydrogen (secondary N) is 1. The Hall–Kier alpha value is -1.32. The predicted molar refractivity (Wildman–Crippen MR) is 53.8 cm³/mol. The van der Waals surface area contributed by atoms with Gasteiger partial charge in [0.2, 0.25) is 5.91 Å².